The second-order valence-corrected chi connectivity index (χ2v) is 7.43. The van der Waals surface area contributed by atoms with Gasteiger partial charge < -0.3 is 24.6 Å². The summed E-state index contributed by atoms with van der Waals surface area (Å²) in [5.41, 5.74) is 8.82. The van der Waals surface area contributed by atoms with E-state index < -0.39 is 12.0 Å². The third kappa shape index (κ3) is 4.29. The zero-order valence-electron chi connectivity index (χ0n) is 17.4. The van der Waals surface area contributed by atoms with E-state index >= 15 is 0 Å². The van der Waals surface area contributed by atoms with E-state index in [0.717, 1.165) is 28.0 Å². The molecule has 0 aliphatic carbocycles. The molecule has 0 aliphatic heterocycles. The lowest BCUT2D eigenvalue weighted by molar-refractivity contribution is 0.0994. The van der Waals surface area contributed by atoms with Gasteiger partial charge in [0.1, 0.15) is 17.0 Å². The molecule has 0 unspecified atom stereocenters. The summed E-state index contributed by atoms with van der Waals surface area (Å²) < 4.78 is 13.0. The Labute approximate surface area is 179 Å². The number of imidazole rings is 1. The van der Waals surface area contributed by atoms with Crippen LogP contribution in [0.4, 0.5) is 0 Å². The highest BCUT2D eigenvalue weighted by Crippen LogP contribution is 2.29. The van der Waals surface area contributed by atoms with Crippen LogP contribution < -0.4 is 10.5 Å². The number of hydrogen-bond acceptors (Lipinski definition) is 6. The third-order valence-corrected chi connectivity index (χ3v) is 5.34. The molecule has 31 heavy (non-hydrogen) atoms. The first-order valence-corrected chi connectivity index (χ1v) is 10.0. The Morgan fingerprint density at radius 1 is 1.26 bits per heavy atom. The average Bonchev–Trinajstić information content (AvgIpc) is 3.42. The van der Waals surface area contributed by atoms with E-state index in [9.17, 15) is 9.90 Å². The van der Waals surface area contributed by atoms with Crippen molar-refractivity contribution in [2.45, 2.75) is 31.9 Å². The number of primary amides is 1. The van der Waals surface area contributed by atoms with Crippen LogP contribution in [0.25, 0.3) is 22.6 Å². The molecule has 0 radical (unpaired) electrons. The Bertz CT molecular complexity index is 1190. The van der Waals surface area contributed by atoms with Crippen molar-refractivity contribution in [2.75, 3.05) is 7.11 Å². The second-order valence-electron chi connectivity index (χ2n) is 7.43. The van der Waals surface area contributed by atoms with E-state index in [2.05, 4.69) is 9.97 Å². The summed E-state index contributed by atoms with van der Waals surface area (Å²) in [5, 5.41) is 10.3. The molecule has 0 saturated carbocycles. The normalized spacial score (nSPS) is 13.3. The maximum atomic E-state index is 11.3. The number of carbonyl (C=O) groups excluding carboxylic acids is 1. The largest absolute Gasteiger partial charge is 0.497 e. The summed E-state index contributed by atoms with van der Waals surface area (Å²) in [6.45, 7) is 1.71. The van der Waals surface area contributed by atoms with Crippen molar-refractivity contribution in [3.05, 3.63) is 66.2 Å². The van der Waals surface area contributed by atoms with Crippen molar-refractivity contribution in [3.8, 4) is 17.2 Å². The van der Waals surface area contributed by atoms with Crippen molar-refractivity contribution in [1.82, 2.24) is 14.5 Å². The number of benzene rings is 2. The van der Waals surface area contributed by atoms with Gasteiger partial charge in [-0.3, -0.25) is 4.79 Å². The minimum absolute atomic E-state index is 0.173. The number of rotatable bonds is 8. The van der Waals surface area contributed by atoms with Gasteiger partial charge in [0.2, 0.25) is 5.89 Å². The van der Waals surface area contributed by atoms with Crippen LogP contribution in [-0.4, -0.2) is 38.8 Å². The number of methoxy groups -OCH3 is 1. The number of oxazole rings is 1. The number of amides is 1. The number of ether oxygens (including phenoxy) is 1. The Kier molecular flexibility index (Phi) is 5.73. The maximum absolute atomic E-state index is 11.3. The zero-order valence-corrected chi connectivity index (χ0v) is 17.4. The Balaban J connectivity index is 1.58. The van der Waals surface area contributed by atoms with Crippen molar-refractivity contribution < 1.29 is 19.1 Å². The van der Waals surface area contributed by atoms with Gasteiger partial charge in [-0.15, -0.1) is 0 Å². The molecule has 2 aromatic heterocycles. The second kappa shape index (κ2) is 8.61. The lowest BCUT2D eigenvalue weighted by atomic mass is 10.0. The minimum atomic E-state index is -0.640. The molecule has 2 heterocycles. The number of aliphatic hydroxyl groups is 1. The first-order chi connectivity index (χ1) is 15.0. The molecule has 4 rings (SSSR count). The highest BCUT2D eigenvalue weighted by molar-refractivity contribution is 5.90. The van der Waals surface area contributed by atoms with E-state index in [-0.39, 0.29) is 11.7 Å². The molecule has 0 spiro atoms. The van der Waals surface area contributed by atoms with Crippen LogP contribution in [0, 0.1) is 0 Å². The minimum Gasteiger partial charge on any atom is -0.497 e. The van der Waals surface area contributed by atoms with E-state index in [1.165, 1.54) is 6.33 Å². The van der Waals surface area contributed by atoms with Crippen LogP contribution in [0.1, 0.15) is 35.4 Å². The Morgan fingerprint density at radius 2 is 2.03 bits per heavy atom. The first-order valence-electron chi connectivity index (χ1n) is 10.0. The van der Waals surface area contributed by atoms with Gasteiger partial charge in [0.25, 0.3) is 5.91 Å². The van der Waals surface area contributed by atoms with E-state index in [1.54, 1.807) is 24.8 Å². The van der Waals surface area contributed by atoms with Crippen molar-refractivity contribution in [1.29, 1.82) is 0 Å². The number of nitrogens with two attached hydrogens (primary N) is 1. The summed E-state index contributed by atoms with van der Waals surface area (Å²) in [4.78, 5) is 20.0. The molecule has 8 heteroatoms. The van der Waals surface area contributed by atoms with Gasteiger partial charge in [0.15, 0.2) is 5.58 Å². The number of hydrogen-bond donors (Lipinski definition) is 2. The van der Waals surface area contributed by atoms with E-state index in [0.29, 0.717) is 18.7 Å². The molecular weight excluding hydrogens is 396 g/mol. The van der Waals surface area contributed by atoms with E-state index in [4.69, 9.17) is 14.9 Å². The van der Waals surface area contributed by atoms with Crippen molar-refractivity contribution in [2.24, 2.45) is 5.73 Å². The number of nitrogens with zero attached hydrogens (tertiary/aromatic N) is 3. The lowest BCUT2D eigenvalue weighted by Gasteiger charge is -2.21. The number of fused-ring (bicyclic) bond motifs is 1. The molecule has 0 saturated heterocycles. The quantitative estimate of drug-likeness (QED) is 0.451. The highest BCUT2D eigenvalue weighted by Gasteiger charge is 2.20. The zero-order chi connectivity index (χ0) is 22.0. The highest BCUT2D eigenvalue weighted by atomic mass is 16.5. The molecule has 2 atom stereocenters. The lowest BCUT2D eigenvalue weighted by Crippen LogP contribution is -2.21. The summed E-state index contributed by atoms with van der Waals surface area (Å²) in [6.07, 6.45) is 3.71. The average molecular weight is 420 g/mol. The van der Waals surface area contributed by atoms with E-state index in [1.807, 2.05) is 42.5 Å². The molecule has 3 N–H and O–H groups in total. The first kappa shape index (κ1) is 20.6. The number of carbonyl (C=O) groups is 1. The van der Waals surface area contributed by atoms with Crippen LogP contribution in [0.2, 0.25) is 0 Å². The number of aromatic nitrogens is 3. The fraction of sp³-hybridized carbons (Fsp3) is 0.261. The molecule has 0 aliphatic rings. The van der Waals surface area contributed by atoms with Gasteiger partial charge >= 0.3 is 0 Å². The summed E-state index contributed by atoms with van der Waals surface area (Å²) >= 11 is 0. The molecule has 160 valence electrons. The molecule has 1 amide bonds. The number of aryl methyl sites for hydroxylation is 1. The Morgan fingerprint density at radius 3 is 2.68 bits per heavy atom. The van der Waals surface area contributed by atoms with Crippen LogP contribution in [0.5, 0.6) is 5.75 Å². The summed E-state index contributed by atoms with van der Waals surface area (Å²) in [6, 6.07) is 13.1. The summed E-state index contributed by atoms with van der Waals surface area (Å²) in [7, 11) is 1.62. The number of para-hydroxylation sites is 1. The fourth-order valence-corrected chi connectivity index (χ4v) is 3.65. The van der Waals surface area contributed by atoms with Crippen LogP contribution in [0.15, 0.2) is 59.4 Å². The molecule has 0 fully saturated rings. The standard InChI is InChI=1S/C23H24N4O4/c1-14(28)20(27-12-19(22(24)29)25-13-27)11-8-15-4-3-5-18-21(15)31-23(26-18)16-6-9-17(30-2)10-7-16/h3-7,9-10,12-14,20,28H,8,11H2,1-2H3,(H2,24,29)/t14-,20+/m0/s1. The monoisotopic (exact) mass is 420 g/mol. The number of aliphatic hydroxyl groups excluding tert-OH is 1. The molecule has 4 aromatic rings. The van der Waals surface area contributed by atoms with Crippen LogP contribution >= 0.6 is 0 Å². The van der Waals surface area contributed by atoms with Crippen molar-refractivity contribution >= 4 is 17.0 Å². The van der Waals surface area contributed by atoms with Crippen molar-refractivity contribution in [3.63, 3.8) is 0 Å². The SMILES string of the molecule is COc1ccc(-c2nc3cccc(CC[C@H]([C@H](C)O)n4cnc(C(N)=O)c4)c3o2)cc1. The molecule has 0 bridgehead atoms. The van der Waals surface area contributed by atoms with Gasteiger partial charge in [-0.05, 0) is 55.7 Å². The van der Waals surface area contributed by atoms with Crippen LogP contribution in [0.3, 0.4) is 0 Å². The predicted octanol–water partition coefficient (Wildman–Crippen LogP) is 3.35. The molecular formula is C23H24N4O4. The maximum Gasteiger partial charge on any atom is 0.268 e. The topological polar surface area (TPSA) is 116 Å². The van der Waals surface area contributed by atoms with Gasteiger partial charge in [0.05, 0.1) is 25.6 Å². The third-order valence-electron chi connectivity index (χ3n) is 5.34. The van der Waals surface area contributed by atoms with Crippen LogP contribution in [-0.2, 0) is 6.42 Å². The smallest absolute Gasteiger partial charge is 0.268 e. The summed E-state index contributed by atoms with van der Waals surface area (Å²) in [5.74, 6) is 0.710. The van der Waals surface area contributed by atoms with Gasteiger partial charge in [-0.25, -0.2) is 9.97 Å². The fourth-order valence-electron chi connectivity index (χ4n) is 3.65. The Hall–Kier alpha value is -3.65. The van der Waals surface area contributed by atoms with Gasteiger partial charge in [-0.1, -0.05) is 12.1 Å². The molecule has 2 aromatic carbocycles. The molecule has 8 nitrogen and oxygen atoms in total. The van der Waals surface area contributed by atoms with Gasteiger partial charge in [-0.2, -0.15) is 0 Å². The predicted molar refractivity (Wildman–Crippen MR) is 116 cm³/mol. The van der Waals surface area contributed by atoms with Gasteiger partial charge in [0, 0.05) is 11.8 Å².